The Labute approximate surface area is 84.7 Å². The van der Waals surface area contributed by atoms with Crippen molar-refractivity contribution in [2.75, 3.05) is 7.11 Å². The number of rotatable bonds is 2. The van der Waals surface area contributed by atoms with E-state index >= 15 is 0 Å². The fourth-order valence-electron chi connectivity index (χ4n) is 1.10. The fourth-order valence-corrected chi connectivity index (χ4v) is 1.10. The van der Waals surface area contributed by atoms with Crippen molar-refractivity contribution in [3.8, 4) is 0 Å². The Hall–Kier alpha value is -1.10. The lowest BCUT2D eigenvalue weighted by Gasteiger charge is -2.13. The number of hydrogen-bond acceptors (Lipinski definition) is 1. The number of halogens is 4. The van der Waals surface area contributed by atoms with Gasteiger partial charge in [-0.15, -0.1) is 0 Å². The first-order chi connectivity index (χ1) is 6.84. The largest absolute Gasteiger partial charge is 0.416 e. The normalized spacial score (nSPS) is 14.0. The monoisotopic (exact) mass is 221 g/mol. The minimum absolute atomic E-state index is 0.0600. The molecule has 1 atom stereocenters. The standard InChI is InChI=1S/C10H9F4O/c1-6(15-2)7-3-8(10(12,13)14)5-9(11)4-7/h3-6H,1H2,2H3. The molecule has 0 aliphatic rings. The van der Waals surface area contributed by atoms with Crippen LogP contribution in [0.15, 0.2) is 18.2 Å². The lowest BCUT2D eigenvalue weighted by molar-refractivity contribution is -0.137. The van der Waals surface area contributed by atoms with Crippen LogP contribution in [0.1, 0.15) is 17.2 Å². The van der Waals surface area contributed by atoms with Crippen molar-refractivity contribution >= 4 is 0 Å². The molecule has 0 saturated carbocycles. The van der Waals surface area contributed by atoms with Gasteiger partial charge in [0.1, 0.15) is 5.82 Å². The molecule has 1 unspecified atom stereocenters. The van der Waals surface area contributed by atoms with Crippen LogP contribution in [0.25, 0.3) is 0 Å². The van der Waals surface area contributed by atoms with Crippen molar-refractivity contribution < 1.29 is 22.3 Å². The molecule has 0 amide bonds. The first kappa shape index (κ1) is 12.0. The minimum Gasteiger partial charge on any atom is -0.377 e. The summed E-state index contributed by atoms with van der Waals surface area (Å²) in [4.78, 5) is 0. The van der Waals surface area contributed by atoms with Gasteiger partial charge in [0.25, 0.3) is 0 Å². The molecule has 0 spiro atoms. The average molecular weight is 221 g/mol. The molecule has 5 heteroatoms. The zero-order chi connectivity index (χ0) is 11.6. The molecule has 0 N–H and O–H groups in total. The van der Waals surface area contributed by atoms with Gasteiger partial charge in [-0.2, -0.15) is 13.2 Å². The maximum Gasteiger partial charge on any atom is 0.416 e. The predicted octanol–water partition coefficient (Wildman–Crippen LogP) is 3.37. The van der Waals surface area contributed by atoms with Crippen LogP contribution in [0.2, 0.25) is 0 Å². The summed E-state index contributed by atoms with van der Waals surface area (Å²) in [6.45, 7) is 3.43. The molecular formula is C10H9F4O. The molecular weight excluding hydrogens is 212 g/mol. The van der Waals surface area contributed by atoms with Crippen molar-refractivity contribution in [2.24, 2.45) is 0 Å². The summed E-state index contributed by atoms with van der Waals surface area (Å²) in [7, 11) is 1.29. The van der Waals surface area contributed by atoms with Crippen molar-refractivity contribution in [3.63, 3.8) is 0 Å². The number of benzene rings is 1. The van der Waals surface area contributed by atoms with E-state index in [-0.39, 0.29) is 5.56 Å². The van der Waals surface area contributed by atoms with E-state index in [1.54, 1.807) is 0 Å². The summed E-state index contributed by atoms with van der Waals surface area (Å²) in [5.41, 5.74) is -0.979. The molecule has 0 saturated heterocycles. The first-order valence-corrected chi connectivity index (χ1v) is 4.08. The summed E-state index contributed by atoms with van der Waals surface area (Å²) in [5.74, 6) is -0.953. The Morgan fingerprint density at radius 3 is 2.33 bits per heavy atom. The lowest BCUT2D eigenvalue weighted by Crippen LogP contribution is -2.08. The SMILES string of the molecule is [CH2]C(OC)c1cc(F)cc(C(F)(F)F)c1. The van der Waals surface area contributed by atoms with Crippen LogP contribution in [-0.2, 0) is 10.9 Å². The maximum absolute atomic E-state index is 12.9. The van der Waals surface area contributed by atoms with Gasteiger partial charge in [-0.25, -0.2) is 4.39 Å². The molecule has 1 aromatic rings. The van der Waals surface area contributed by atoms with Gasteiger partial charge in [-0.05, 0) is 30.7 Å². The van der Waals surface area contributed by atoms with E-state index in [0.717, 1.165) is 12.1 Å². The molecule has 0 aliphatic carbocycles. The second kappa shape index (κ2) is 4.18. The highest BCUT2D eigenvalue weighted by Gasteiger charge is 2.31. The zero-order valence-electron chi connectivity index (χ0n) is 7.94. The van der Waals surface area contributed by atoms with Crippen LogP contribution < -0.4 is 0 Å². The molecule has 1 nitrogen and oxygen atoms in total. The average Bonchev–Trinajstić information content (AvgIpc) is 2.14. The third kappa shape index (κ3) is 2.92. The number of alkyl halides is 3. The Balaban J connectivity index is 3.17. The van der Waals surface area contributed by atoms with Gasteiger partial charge < -0.3 is 4.74 Å². The highest BCUT2D eigenvalue weighted by atomic mass is 19.4. The topological polar surface area (TPSA) is 9.23 Å². The molecule has 1 aromatic carbocycles. The van der Waals surface area contributed by atoms with E-state index < -0.39 is 23.7 Å². The van der Waals surface area contributed by atoms with Crippen LogP contribution in [-0.4, -0.2) is 7.11 Å². The van der Waals surface area contributed by atoms with Gasteiger partial charge in [0.15, 0.2) is 0 Å². The number of hydrogen-bond donors (Lipinski definition) is 0. The van der Waals surface area contributed by atoms with E-state index in [2.05, 4.69) is 6.92 Å². The molecule has 83 valence electrons. The molecule has 1 rings (SSSR count). The van der Waals surface area contributed by atoms with Crippen LogP contribution in [0, 0.1) is 12.7 Å². The van der Waals surface area contributed by atoms with Crippen LogP contribution in [0.4, 0.5) is 17.6 Å². The summed E-state index contributed by atoms with van der Waals surface area (Å²) in [6, 6.07) is 2.23. The third-order valence-corrected chi connectivity index (χ3v) is 1.90. The molecule has 1 radical (unpaired) electrons. The molecule has 15 heavy (non-hydrogen) atoms. The Bertz CT molecular complexity index is 346. The van der Waals surface area contributed by atoms with Gasteiger partial charge >= 0.3 is 6.18 Å². The van der Waals surface area contributed by atoms with Crippen LogP contribution >= 0.6 is 0 Å². The van der Waals surface area contributed by atoms with Crippen LogP contribution in [0.5, 0.6) is 0 Å². The third-order valence-electron chi connectivity index (χ3n) is 1.90. The fraction of sp³-hybridized carbons (Fsp3) is 0.300. The van der Waals surface area contributed by atoms with Crippen molar-refractivity contribution in [1.29, 1.82) is 0 Å². The van der Waals surface area contributed by atoms with E-state index in [0.29, 0.717) is 6.07 Å². The van der Waals surface area contributed by atoms with Gasteiger partial charge in [0.2, 0.25) is 0 Å². The van der Waals surface area contributed by atoms with Crippen molar-refractivity contribution in [3.05, 3.63) is 42.1 Å². The Morgan fingerprint density at radius 2 is 1.87 bits per heavy atom. The van der Waals surface area contributed by atoms with Crippen molar-refractivity contribution in [2.45, 2.75) is 12.3 Å². The van der Waals surface area contributed by atoms with Gasteiger partial charge in [-0.3, -0.25) is 0 Å². The zero-order valence-corrected chi connectivity index (χ0v) is 7.94. The second-order valence-electron chi connectivity index (χ2n) is 3.00. The van der Waals surface area contributed by atoms with Gasteiger partial charge in [0, 0.05) is 7.11 Å². The second-order valence-corrected chi connectivity index (χ2v) is 3.00. The Kier molecular flexibility index (Phi) is 3.34. The van der Waals surface area contributed by atoms with Crippen LogP contribution in [0.3, 0.4) is 0 Å². The highest BCUT2D eigenvalue weighted by molar-refractivity contribution is 5.28. The Morgan fingerprint density at radius 1 is 1.27 bits per heavy atom. The summed E-state index contributed by atoms with van der Waals surface area (Å²) in [5, 5.41) is 0. The lowest BCUT2D eigenvalue weighted by atomic mass is 10.1. The first-order valence-electron chi connectivity index (χ1n) is 4.08. The van der Waals surface area contributed by atoms with Gasteiger partial charge in [-0.1, -0.05) is 0 Å². The minimum atomic E-state index is -4.57. The van der Waals surface area contributed by atoms with Crippen molar-refractivity contribution in [1.82, 2.24) is 0 Å². The quantitative estimate of drug-likeness (QED) is 0.696. The predicted molar refractivity (Wildman–Crippen MR) is 46.5 cm³/mol. The summed E-state index contributed by atoms with van der Waals surface area (Å²) in [6.07, 6.45) is -5.38. The molecule has 0 aliphatic heterocycles. The van der Waals surface area contributed by atoms with E-state index in [1.807, 2.05) is 0 Å². The number of methoxy groups -OCH3 is 1. The molecule has 0 fully saturated rings. The highest BCUT2D eigenvalue weighted by Crippen LogP contribution is 2.31. The van der Waals surface area contributed by atoms with Gasteiger partial charge in [0.05, 0.1) is 11.7 Å². The number of ether oxygens (including phenoxy) is 1. The molecule has 0 bridgehead atoms. The van der Waals surface area contributed by atoms with E-state index in [4.69, 9.17) is 4.74 Å². The summed E-state index contributed by atoms with van der Waals surface area (Å²) >= 11 is 0. The smallest absolute Gasteiger partial charge is 0.377 e. The maximum atomic E-state index is 12.9. The molecule has 0 aromatic heterocycles. The van der Waals surface area contributed by atoms with E-state index in [9.17, 15) is 17.6 Å². The molecule has 0 heterocycles. The van der Waals surface area contributed by atoms with E-state index in [1.165, 1.54) is 7.11 Å². The summed E-state index contributed by atoms with van der Waals surface area (Å²) < 4.78 is 54.4.